The molecule has 0 amide bonds. The van der Waals surface area contributed by atoms with Crippen molar-refractivity contribution >= 4 is 70.1 Å². The lowest BCUT2D eigenvalue weighted by Gasteiger charge is -2.30. The predicted molar refractivity (Wildman–Crippen MR) is 174 cm³/mol. The Hall–Kier alpha value is -4.92. The topological polar surface area (TPSA) is 3.24 Å². The zero-order chi connectivity index (χ0) is 26.5. The van der Waals surface area contributed by atoms with Crippen molar-refractivity contribution in [2.75, 3.05) is 4.90 Å². The normalized spacial score (nSPS) is 11.5. The third kappa shape index (κ3) is 3.61. The van der Waals surface area contributed by atoms with Crippen LogP contribution in [0.25, 0.3) is 52.8 Å². The van der Waals surface area contributed by atoms with Crippen molar-refractivity contribution in [2.45, 2.75) is 0 Å². The fourth-order valence-electron chi connectivity index (χ4n) is 6.04. The van der Waals surface area contributed by atoms with E-state index in [-0.39, 0.29) is 0 Å². The van der Waals surface area contributed by atoms with E-state index in [1.54, 1.807) is 0 Å². The second-order valence-electron chi connectivity index (χ2n) is 10.1. The molecule has 7 aromatic carbocycles. The highest BCUT2D eigenvalue weighted by Crippen LogP contribution is 2.53. The smallest absolute Gasteiger partial charge is 0.0625 e. The lowest BCUT2D eigenvalue weighted by molar-refractivity contribution is 1.31. The third-order valence-corrected chi connectivity index (χ3v) is 9.00. The first kappa shape index (κ1) is 23.0. The number of benzene rings is 7. The molecule has 188 valence electrons. The first-order valence-corrected chi connectivity index (χ1v) is 14.4. The van der Waals surface area contributed by atoms with Crippen LogP contribution >= 0.6 is 11.3 Å². The molecule has 1 aromatic heterocycles. The van der Waals surface area contributed by atoms with E-state index in [4.69, 9.17) is 0 Å². The molecule has 1 nitrogen and oxygen atoms in total. The molecule has 0 atom stereocenters. The Morgan fingerprint density at radius 3 is 1.88 bits per heavy atom. The average Bonchev–Trinajstić information content (AvgIpc) is 3.42. The first-order chi connectivity index (χ1) is 19.9. The van der Waals surface area contributed by atoms with Crippen molar-refractivity contribution in [3.8, 4) is 11.1 Å². The lowest BCUT2D eigenvalue weighted by atomic mass is 9.91. The summed E-state index contributed by atoms with van der Waals surface area (Å²) in [6.07, 6.45) is 0. The number of hydrogen-bond donors (Lipinski definition) is 0. The van der Waals surface area contributed by atoms with Gasteiger partial charge in [-0.05, 0) is 46.7 Å². The molecule has 0 aliphatic carbocycles. The van der Waals surface area contributed by atoms with E-state index in [0.29, 0.717) is 0 Å². The molecule has 0 spiro atoms. The highest BCUT2D eigenvalue weighted by atomic mass is 32.1. The van der Waals surface area contributed by atoms with Gasteiger partial charge in [-0.25, -0.2) is 0 Å². The first-order valence-electron chi connectivity index (χ1n) is 13.6. The quantitative estimate of drug-likeness (QED) is 0.220. The van der Waals surface area contributed by atoms with Crippen molar-refractivity contribution in [3.63, 3.8) is 0 Å². The maximum atomic E-state index is 2.46. The van der Waals surface area contributed by atoms with Gasteiger partial charge in [-0.2, -0.15) is 0 Å². The summed E-state index contributed by atoms with van der Waals surface area (Å²) in [5.74, 6) is 0. The fraction of sp³-hybridized carbons (Fsp3) is 0. The van der Waals surface area contributed by atoms with E-state index >= 15 is 0 Å². The second kappa shape index (κ2) is 9.37. The molecule has 8 rings (SSSR count). The Labute approximate surface area is 237 Å². The standard InChI is InChI=1S/C38H25NS/c1-3-14-27(15-4-1)35-36-33-21-11-12-22-34(33)40-38(36)32-20-10-9-19-31(32)37(35)39(29-17-5-2-6-18-29)30-24-23-26-13-7-8-16-28(26)25-30/h1-25H. The molecular formula is C38H25NS. The minimum atomic E-state index is 1.14. The van der Waals surface area contributed by atoms with E-state index in [2.05, 4.69) is 157 Å². The Balaban J connectivity index is 1.59. The van der Waals surface area contributed by atoms with Crippen LogP contribution in [0.5, 0.6) is 0 Å². The fourth-order valence-corrected chi connectivity index (χ4v) is 7.29. The van der Waals surface area contributed by atoms with Gasteiger partial charge in [0.15, 0.2) is 0 Å². The SMILES string of the molecule is c1ccc(-c2c(N(c3ccccc3)c3ccc4ccccc4c3)c3ccccc3c3sc4ccccc4c23)cc1. The lowest BCUT2D eigenvalue weighted by Crippen LogP contribution is -2.12. The molecule has 0 N–H and O–H groups in total. The minimum absolute atomic E-state index is 1.14. The third-order valence-electron chi connectivity index (χ3n) is 7.80. The van der Waals surface area contributed by atoms with Gasteiger partial charge in [-0.15, -0.1) is 11.3 Å². The summed E-state index contributed by atoms with van der Waals surface area (Å²) in [6.45, 7) is 0. The van der Waals surface area contributed by atoms with Gasteiger partial charge in [0.05, 0.1) is 5.69 Å². The van der Waals surface area contributed by atoms with Crippen molar-refractivity contribution in [1.82, 2.24) is 0 Å². The van der Waals surface area contributed by atoms with E-state index in [0.717, 1.165) is 11.4 Å². The van der Waals surface area contributed by atoms with E-state index in [1.165, 1.54) is 58.5 Å². The van der Waals surface area contributed by atoms with Gasteiger partial charge in [0.2, 0.25) is 0 Å². The van der Waals surface area contributed by atoms with Gasteiger partial charge >= 0.3 is 0 Å². The van der Waals surface area contributed by atoms with E-state index < -0.39 is 0 Å². The van der Waals surface area contributed by atoms with Gasteiger partial charge in [-0.3, -0.25) is 0 Å². The van der Waals surface area contributed by atoms with Crippen LogP contribution < -0.4 is 4.90 Å². The summed E-state index contributed by atoms with van der Waals surface area (Å²) in [6, 6.07) is 54.9. The number of rotatable bonds is 4. The summed E-state index contributed by atoms with van der Waals surface area (Å²) in [7, 11) is 0. The number of anilines is 3. The number of nitrogens with zero attached hydrogens (tertiary/aromatic N) is 1. The van der Waals surface area contributed by atoms with Gasteiger partial charge in [0.25, 0.3) is 0 Å². The molecule has 0 fully saturated rings. The number of para-hydroxylation sites is 1. The molecule has 0 aliphatic heterocycles. The number of fused-ring (bicyclic) bond motifs is 6. The van der Waals surface area contributed by atoms with Gasteiger partial charge in [-0.1, -0.05) is 121 Å². The predicted octanol–water partition coefficient (Wildman–Crippen LogP) is 11.5. The molecule has 0 saturated carbocycles. The average molecular weight is 528 g/mol. The molecule has 40 heavy (non-hydrogen) atoms. The van der Waals surface area contributed by atoms with Crippen LogP contribution in [0.15, 0.2) is 152 Å². The van der Waals surface area contributed by atoms with Crippen LogP contribution in [0.4, 0.5) is 17.1 Å². The van der Waals surface area contributed by atoms with Crippen molar-refractivity contribution in [1.29, 1.82) is 0 Å². The monoisotopic (exact) mass is 527 g/mol. The zero-order valence-corrected chi connectivity index (χ0v) is 22.6. The van der Waals surface area contributed by atoms with Crippen LogP contribution in [0, 0.1) is 0 Å². The Bertz CT molecular complexity index is 2160. The van der Waals surface area contributed by atoms with Crippen LogP contribution in [0.3, 0.4) is 0 Å². The number of thiophene rings is 1. The van der Waals surface area contributed by atoms with E-state index in [9.17, 15) is 0 Å². The summed E-state index contributed by atoms with van der Waals surface area (Å²) in [5.41, 5.74) is 5.98. The molecule has 0 unspecified atom stereocenters. The Morgan fingerprint density at radius 2 is 1.07 bits per heavy atom. The molecule has 0 bridgehead atoms. The van der Waals surface area contributed by atoms with Crippen LogP contribution in [0.1, 0.15) is 0 Å². The largest absolute Gasteiger partial charge is 0.309 e. The second-order valence-corrected chi connectivity index (χ2v) is 11.2. The summed E-state index contributed by atoms with van der Waals surface area (Å²) in [5, 5.41) is 7.63. The zero-order valence-electron chi connectivity index (χ0n) is 21.8. The molecule has 8 aromatic rings. The van der Waals surface area contributed by atoms with Gasteiger partial charge in [0, 0.05) is 47.9 Å². The summed E-state index contributed by atoms with van der Waals surface area (Å²) in [4.78, 5) is 2.46. The van der Waals surface area contributed by atoms with Crippen LogP contribution in [0.2, 0.25) is 0 Å². The van der Waals surface area contributed by atoms with Crippen molar-refractivity contribution in [3.05, 3.63) is 152 Å². The van der Waals surface area contributed by atoms with Crippen molar-refractivity contribution in [2.24, 2.45) is 0 Å². The molecular weight excluding hydrogens is 502 g/mol. The molecule has 0 aliphatic rings. The number of hydrogen-bond acceptors (Lipinski definition) is 2. The van der Waals surface area contributed by atoms with Gasteiger partial charge < -0.3 is 4.90 Å². The highest BCUT2D eigenvalue weighted by Gasteiger charge is 2.25. The molecule has 0 saturated heterocycles. The Morgan fingerprint density at radius 1 is 0.450 bits per heavy atom. The summed E-state index contributed by atoms with van der Waals surface area (Å²) < 4.78 is 2.65. The molecule has 2 heteroatoms. The van der Waals surface area contributed by atoms with E-state index in [1.807, 2.05) is 11.3 Å². The highest BCUT2D eigenvalue weighted by molar-refractivity contribution is 7.26. The molecule has 1 heterocycles. The van der Waals surface area contributed by atoms with Crippen molar-refractivity contribution < 1.29 is 0 Å². The minimum Gasteiger partial charge on any atom is -0.309 e. The summed E-state index contributed by atoms with van der Waals surface area (Å²) >= 11 is 1.90. The van der Waals surface area contributed by atoms with Crippen LogP contribution in [-0.2, 0) is 0 Å². The molecule has 0 radical (unpaired) electrons. The van der Waals surface area contributed by atoms with Crippen LogP contribution in [-0.4, -0.2) is 0 Å². The van der Waals surface area contributed by atoms with Gasteiger partial charge in [0.1, 0.15) is 0 Å². The maximum absolute atomic E-state index is 2.46. The maximum Gasteiger partial charge on any atom is 0.0625 e. The Kier molecular flexibility index (Phi) is 5.39.